The van der Waals surface area contributed by atoms with E-state index in [4.69, 9.17) is 9.47 Å². The molecule has 0 unspecified atom stereocenters. The fraction of sp³-hybridized carbons (Fsp3) is 0.378. The van der Waals surface area contributed by atoms with Gasteiger partial charge in [0.1, 0.15) is 23.0 Å². The van der Waals surface area contributed by atoms with Gasteiger partial charge in [0.05, 0.1) is 17.2 Å². The number of nitro groups is 1. The van der Waals surface area contributed by atoms with Crippen molar-refractivity contribution in [1.29, 1.82) is 0 Å². The summed E-state index contributed by atoms with van der Waals surface area (Å²) in [7, 11) is 0. The van der Waals surface area contributed by atoms with Crippen molar-refractivity contribution in [3.8, 4) is 23.0 Å². The van der Waals surface area contributed by atoms with Crippen LogP contribution in [0.4, 0.5) is 11.4 Å². The van der Waals surface area contributed by atoms with Crippen LogP contribution in [-0.2, 0) is 15.6 Å². The maximum Gasteiger partial charge on any atom is 0.269 e. The van der Waals surface area contributed by atoms with Crippen LogP contribution in [0.5, 0.6) is 23.0 Å². The molecule has 45 heavy (non-hydrogen) atoms. The number of nitro benzene ring substituents is 1. The molecule has 0 heterocycles. The summed E-state index contributed by atoms with van der Waals surface area (Å²) in [6.45, 7) is 13.9. The number of rotatable bonds is 14. The Kier molecular flexibility index (Phi) is 10.4. The Morgan fingerprint density at radius 1 is 0.867 bits per heavy atom. The number of benzene rings is 4. The predicted octanol–water partition coefficient (Wildman–Crippen LogP) is 9.81. The monoisotopic (exact) mass is 612 g/mol. The van der Waals surface area contributed by atoms with Crippen molar-refractivity contribution in [2.75, 3.05) is 11.9 Å². The Labute approximate surface area is 265 Å². The zero-order valence-electron chi connectivity index (χ0n) is 27.1. The molecule has 0 aliphatic carbocycles. The van der Waals surface area contributed by atoms with Crippen LogP contribution in [0.15, 0.2) is 72.8 Å². The van der Waals surface area contributed by atoms with Crippen LogP contribution in [0.1, 0.15) is 84.8 Å². The molecule has 2 N–H and O–H groups in total. The van der Waals surface area contributed by atoms with Crippen LogP contribution >= 0.6 is 0 Å². The van der Waals surface area contributed by atoms with E-state index in [-0.39, 0.29) is 40.3 Å². The van der Waals surface area contributed by atoms with Crippen LogP contribution in [0.3, 0.4) is 0 Å². The van der Waals surface area contributed by atoms with Gasteiger partial charge < -0.3 is 19.9 Å². The van der Waals surface area contributed by atoms with Gasteiger partial charge in [-0.25, -0.2) is 0 Å². The number of phenols is 1. The minimum atomic E-state index is -0.477. The number of unbranched alkanes of at least 4 members (excludes halogenated alkanes) is 1. The van der Waals surface area contributed by atoms with Crippen molar-refractivity contribution in [2.24, 2.45) is 0 Å². The second-order valence-corrected chi connectivity index (χ2v) is 12.7. The fourth-order valence-corrected chi connectivity index (χ4v) is 5.05. The molecule has 0 saturated heterocycles. The van der Waals surface area contributed by atoms with E-state index < -0.39 is 4.92 Å². The van der Waals surface area contributed by atoms with Crippen LogP contribution < -0.4 is 14.8 Å². The van der Waals surface area contributed by atoms with Crippen molar-refractivity contribution in [3.63, 3.8) is 0 Å². The molecular formula is C37H44N2O6. The van der Waals surface area contributed by atoms with Crippen LogP contribution in [0.25, 0.3) is 10.8 Å². The number of hydrogen-bond donors (Lipinski definition) is 2. The summed E-state index contributed by atoms with van der Waals surface area (Å²) in [5.41, 5.74) is 2.76. The zero-order chi connectivity index (χ0) is 32.8. The minimum absolute atomic E-state index is 0.0298. The number of nitrogens with one attached hydrogen (secondary N) is 1. The zero-order valence-corrected chi connectivity index (χ0v) is 27.1. The van der Waals surface area contributed by atoms with Crippen molar-refractivity contribution >= 4 is 28.1 Å². The van der Waals surface area contributed by atoms with Gasteiger partial charge in [-0.3, -0.25) is 14.9 Å². The van der Waals surface area contributed by atoms with Gasteiger partial charge in [-0.15, -0.1) is 0 Å². The molecule has 0 aliphatic heterocycles. The van der Waals surface area contributed by atoms with Crippen LogP contribution in [0.2, 0.25) is 0 Å². The summed E-state index contributed by atoms with van der Waals surface area (Å²) >= 11 is 0. The van der Waals surface area contributed by atoms with Gasteiger partial charge in [0.15, 0.2) is 0 Å². The van der Waals surface area contributed by atoms with Gasteiger partial charge in [-0.1, -0.05) is 77.9 Å². The Morgan fingerprint density at radius 2 is 1.53 bits per heavy atom. The lowest BCUT2D eigenvalue weighted by Crippen LogP contribution is -2.21. The van der Waals surface area contributed by atoms with Gasteiger partial charge in [0, 0.05) is 41.0 Å². The summed E-state index contributed by atoms with van der Waals surface area (Å²) in [6.07, 6.45) is 3.60. The first-order valence-electron chi connectivity index (χ1n) is 15.6. The standard InChI is InChI=1S/C37H44N2O6/c1-7-36(3,4)25-16-21-32(30(23-25)37(5,6)8-2)44-22-12-11-15-34(40)38-31-24-33(28-13-9-10-14-29(28)35(31)41)45-27-19-17-26(18-20-27)39(42)43/h9-10,13-14,16-21,23-24,41H,7-8,11-12,15,22H2,1-6H3,(H,38,40). The molecule has 0 fully saturated rings. The molecule has 0 aliphatic rings. The molecule has 8 heteroatoms. The summed E-state index contributed by atoms with van der Waals surface area (Å²) < 4.78 is 12.3. The Hall–Kier alpha value is -4.59. The molecule has 8 nitrogen and oxygen atoms in total. The largest absolute Gasteiger partial charge is 0.505 e. The first kappa shape index (κ1) is 33.3. The van der Waals surface area contributed by atoms with Crippen molar-refractivity contribution < 1.29 is 24.3 Å². The Bertz CT molecular complexity index is 1660. The van der Waals surface area contributed by atoms with Crippen LogP contribution in [0, 0.1) is 10.1 Å². The summed E-state index contributed by atoms with van der Waals surface area (Å²) in [5.74, 6) is 1.39. The van der Waals surface area contributed by atoms with E-state index >= 15 is 0 Å². The maximum absolute atomic E-state index is 12.9. The highest BCUT2D eigenvalue weighted by Crippen LogP contribution is 2.41. The van der Waals surface area contributed by atoms with E-state index in [9.17, 15) is 20.0 Å². The lowest BCUT2D eigenvalue weighted by molar-refractivity contribution is -0.384. The molecular weight excluding hydrogens is 568 g/mol. The first-order valence-corrected chi connectivity index (χ1v) is 15.6. The third kappa shape index (κ3) is 7.93. The van der Waals surface area contributed by atoms with Gasteiger partial charge >= 0.3 is 0 Å². The summed E-state index contributed by atoms with van der Waals surface area (Å²) in [6, 6.07) is 21.0. The Balaban J connectivity index is 1.40. The molecule has 0 radical (unpaired) electrons. The molecule has 4 aromatic rings. The number of phenolic OH excluding ortho intramolecular Hbond substituents is 1. The minimum Gasteiger partial charge on any atom is -0.505 e. The molecule has 0 spiro atoms. The van der Waals surface area contributed by atoms with Crippen molar-refractivity contribution in [2.45, 2.75) is 84.5 Å². The summed E-state index contributed by atoms with van der Waals surface area (Å²) in [5, 5.41) is 25.9. The third-order valence-corrected chi connectivity index (χ3v) is 8.84. The number of nitrogens with zero attached hydrogens (tertiary/aromatic N) is 1. The Morgan fingerprint density at radius 3 is 2.18 bits per heavy atom. The molecule has 0 bridgehead atoms. The van der Waals surface area contributed by atoms with E-state index in [0.717, 1.165) is 18.6 Å². The van der Waals surface area contributed by atoms with E-state index in [1.54, 1.807) is 24.3 Å². The number of fused-ring (bicyclic) bond motifs is 1. The van der Waals surface area contributed by atoms with Crippen LogP contribution in [-0.4, -0.2) is 22.5 Å². The normalized spacial score (nSPS) is 11.8. The second-order valence-electron chi connectivity index (χ2n) is 12.7. The van der Waals surface area contributed by atoms with E-state index in [2.05, 4.69) is 65.1 Å². The topological polar surface area (TPSA) is 111 Å². The number of carbonyl (C=O) groups excluding carboxylic acids is 1. The van der Waals surface area contributed by atoms with Gasteiger partial charge in [-0.05, 0) is 60.3 Å². The molecule has 4 rings (SSSR count). The van der Waals surface area contributed by atoms with E-state index in [1.165, 1.54) is 35.4 Å². The quantitative estimate of drug-likeness (QED) is 0.0635. The molecule has 1 amide bonds. The van der Waals surface area contributed by atoms with Crippen molar-refractivity contribution in [3.05, 3.63) is 94.0 Å². The second kappa shape index (κ2) is 14.0. The summed E-state index contributed by atoms with van der Waals surface area (Å²) in [4.78, 5) is 23.5. The lowest BCUT2D eigenvalue weighted by atomic mass is 9.76. The highest BCUT2D eigenvalue weighted by Gasteiger charge is 2.26. The average Bonchev–Trinajstić information content (AvgIpc) is 3.03. The van der Waals surface area contributed by atoms with Gasteiger partial charge in [0.25, 0.3) is 5.69 Å². The third-order valence-electron chi connectivity index (χ3n) is 8.84. The van der Waals surface area contributed by atoms with Gasteiger partial charge in [-0.2, -0.15) is 0 Å². The molecule has 0 saturated carbocycles. The smallest absolute Gasteiger partial charge is 0.269 e. The number of anilines is 1. The molecule has 4 aromatic carbocycles. The lowest BCUT2D eigenvalue weighted by Gasteiger charge is -2.30. The number of non-ortho nitro benzene ring substituents is 1. The number of amides is 1. The molecule has 238 valence electrons. The molecule has 0 aromatic heterocycles. The average molecular weight is 613 g/mol. The molecule has 0 atom stereocenters. The maximum atomic E-state index is 12.9. The SMILES string of the molecule is CCC(C)(C)c1ccc(OCCCCC(=O)Nc2cc(Oc3ccc([N+](=O)[O-])cc3)c3ccccc3c2O)c(C(C)(C)CC)c1. The predicted molar refractivity (Wildman–Crippen MR) is 180 cm³/mol. The van der Waals surface area contributed by atoms with E-state index in [0.29, 0.717) is 41.7 Å². The van der Waals surface area contributed by atoms with Crippen molar-refractivity contribution in [1.82, 2.24) is 0 Å². The highest BCUT2D eigenvalue weighted by molar-refractivity contribution is 6.02. The highest BCUT2D eigenvalue weighted by atomic mass is 16.6. The van der Waals surface area contributed by atoms with E-state index in [1.807, 2.05) is 6.07 Å². The number of carbonyl (C=O) groups is 1. The first-order chi connectivity index (χ1) is 21.4. The van der Waals surface area contributed by atoms with Gasteiger partial charge in [0.2, 0.25) is 5.91 Å². The fourth-order valence-electron chi connectivity index (χ4n) is 5.05. The number of ether oxygens (including phenoxy) is 2. The number of hydrogen-bond acceptors (Lipinski definition) is 6. The number of aromatic hydroxyl groups is 1.